The van der Waals surface area contributed by atoms with Crippen molar-refractivity contribution in [2.75, 3.05) is 0 Å². The van der Waals surface area contributed by atoms with Gasteiger partial charge in [0.15, 0.2) is 11.6 Å². The van der Waals surface area contributed by atoms with Crippen molar-refractivity contribution in [1.29, 1.82) is 0 Å². The van der Waals surface area contributed by atoms with Crippen LogP contribution in [0.4, 0.5) is 0 Å². The van der Waals surface area contributed by atoms with E-state index in [0.717, 1.165) is 23.8 Å². The van der Waals surface area contributed by atoms with Crippen LogP contribution in [-0.4, -0.2) is 14.8 Å². The largest absolute Gasteiger partial charge is 0.241 e. The molecule has 0 unspecified atom stereocenters. The Bertz CT molecular complexity index is 1030. The van der Waals surface area contributed by atoms with Crippen LogP contribution in [0.2, 0.25) is 0 Å². The molecule has 0 atom stereocenters. The minimum absolute atomic E-state index is 0.789. The molecule has 3 heteroatoms. The molecule has 1 aromatic heterocycles. The topological polar surface area (TPSA) is 30.7 Å². The maximum Gasteiger partial charge on any atom is 0.181 e. The first-order valence-electron chi connectivity index (χ1n) is 8.07. The Kier molecular flexibility index (Phi) is 2.85. The van der Waals surface area contributed by atoms with E-state index in [9.17, 15) is 0 Å². The molecule has 24 heavy (non-hydrogen) atoms. The molecule has 0 fully saturated rings. The highest BCUT2D eigenvalue weighted by Gasteiger charge is 2.22. The molecule has 0 bridgehead atoms. The van der Waals surface area contributed by atoms with Crippen molar-refractivity contribution in [3.05, 3.63) is 84.4 Å². The number of hydrogen-bond acceptors (Lipinski definition) is 2. The maximum absolute atomic E-state index is 4.79. The standard InChI is InChI=1S/C21H15N3/c1-2-7-15(8-3-1)16-10-6-11-17(13-16)20-22-21-19-12-5-4-9-18(19)14-24(21)23-20/h1-13H,14H2. The smallest absolute Gasteiger partial charge is 0.181 e. The molecular weight excluding hydrogens is 294 g/mol. The molecule has 0 spiro atoms. The summed E-state index contributed by atoms with van der Waals surface area (Å²) in [5, 5.41) is 4.72. The van der Waals surface area contributed by atoms with Crippen molar-refractivity contribution in [3.63, 3.8) is 0 Å². The molecular formula is C21H15N3. The lowest BCUT2D eigenvalue weighted by Gasteiger charge is -2.03. The van der Waals surface area contributed by atoms with Gasteiger partial charge in [0.2, 0.25) is 0 Å². The summed E-state index contributed by atoms with van der Waals surface area (Å²) in [5.74, 6) is 1.75. The Morgan fingerprint density at radius 3 is 2.38 bits per heavy atom. The first kappa shape index (κ1) is 13.3. The third kappa shape index (κ3) is 2.06. The van der Waals surface area contributed by atoms with E-state index in [2.05, 4.69) is 72.8 Å². The van der Waals surface area contributed by atoms with Crippen molar-refractivity contribution >= 4 is 0 Å². The van der Waals surface area contributed by atoms with Gasteiger partial charge in [-0.05, 0) is 22.8 Å². The van der Waals surface area contributed by atoms with E-state index in [1.807, 2.05) is 10.7 Å². The van der Waals surface area contributed by atoms with Crippen molar-refractivity contribution in [3.8, 4) is 33.9 Å². The van der Waals surface area contributed by atoms with Gasteiger partial charge in [0.25, 0.3) is 0 Å². The van der Waals surface area contributed by atoms with Gasteiger partial charge in [0, 0.05) is 11.1 Å². The summed E-state index contributed by atoms with van der Waals surface area (Å²) in [6.07, 6.45) is 0. The lowest BCUT2D eigenvalue weighted by Crippen LogP contribution is -1.95. The Labute approximate surface area is 140 Å². The summed E-state index contributed by atoms with van der Waals surface area (Å²) in [6, 6.07) is 27.2. The van der Waals surface area contributed by atoms with E-state index in [-0.39, 0.29) is 0 Å². The number of benzene rings is 3. The molecule has 0 N–H and O–H groups in total. The van der Waals surface area contributed by atoms with Gasteiger partial charge in [-0.25, -0.2) is 9.67 Å². The molecule has 0 aliphatic carbocycles. The average Bonchev–Trinajstić information content (AvgIpc) is 3.21. The fraction of sp³-hybridized carbons (Fsp3) is 0.0476. The van der Waals surface area contributed by atoms with E-state index < -0.39 is 0 Å². The molecule has 2 heterocycles. The molecule has 0 amide bonds. The van der Waals surface area contributed by atoms with Crippen molar-refractivity contribution < 1.29 is 0 Å². The van der Waals surface area contributed by atoms with E-state index in [1.54, 1.807) is 0 Å². The fourth-order valence-corrected chi connectivity index (χ4v) is 3.28. The molecule has 0 saturated heterocycles. The number of hydrogen-bond donors (Lipinski definition) is 0. The second kappa shape index (κ2) is 5.17. The second-order valence-electron chi connectivity index (χ2n) is 6.02. The number of fused-ring (bicyclic) bond motifs is 3. The summed E-state index contributed by atoms with van der Waals surface area (Å²) in [4.78, 5) is 4.79. The van der Waals surface area contributed by atoms with Crippen molar-refractivity contribution in [2.45, 2.75) is 6.54 Å². The zero-order valence-corrected chi connectivity index (χ0v) is 13.1. The fourth-order valence-electron chi connectivity index (χ4n) is 3.28. The average molecular weight is 309 g/mol. The van der Waals surface area contributed by atoms with Gasteiger partial charge in [0.1, 0.15) is 0 Å². The summed E-state index contributed by atoms with van der Waals surface area (Å²) >= 11 is 0. The predicted octanol–water partition coefficient (Wildman–Crippen LogP) is 4.64. The molecule has 114 valence electrons. The van der Waals surface area contributed by atoms with E-state index in [4.69, 9.17) is 10.1 Å². The van der Waals surface area contributed by atoms with Crippen LogP contribution < -0.4 is 0 Å². The summed E-state index contributed by atoms with van der Waals surface area (Å²) in [5.41, 5.74) is 5.92. The van der Waals surface area contributed by atoms with Crippen LogP contribution in [0.3, 0.4) is 0 Å². The summed E-state index contributed by atoms with van der Waals surface area (Å²) in [7, 11) is 0. The quantitative estimate of drug-likeness (QED) is 0.475. The van der Waals surface area contributed by atoms with Gasteiger partial charge in [-0.3, -0.25) is 0 Å². The molecule has 1 aliphatic heterocycles. The van der Waals surface area contributed by atoms with E-state index >= 15 is 0 Å². The number of nitrogens with zero attached hydrogens (tertiary/aromatic N) is 3. The SMILES string of the molecule is c1ccc(-c2cccc(-c3nc4n(n3)Cc3ccccc3-4)c2)cc1. The van der Waals surface area contributed by atoms with Crippen molar-refractivity contribution in [1.82, 2.24) is 14.8 Å². The normalized spacial score (nSPS) is 12.0. The highest BCUT2D eigenvalue weighted by Crippen LogP contribution is 2.32. The lowest BCUT2D eigenvalue weighted by molar-refractivity contribution is 0.722. The van der Waals surface area contributed by atoms with Gasteiger partial charge in [-0.15, -0.1) is 0 Å². The molecule has 0 saturated carbocycles. The van der Waals surface area contributed by atoms with Crippen LogP contribution in [-0.2, 0) is 6.54 Å². The minimum atomic E-state index is 0.789. The van der Waals surface area contributed by atoms with Crippen LogP contribution in [0.5, 0.6) is 0 Å². The van der Waals surface area contributed by atoms with Crippen molar-refractivity contribution in [2.24, 2.45) is 0 Å². The first-order valence-corrected chi connectivity index (χ1v) is 8.07. The molecule has 5 rings (SSSR count). The molecule has 4 aromatic rings. The zero-order chi connectivity index (χ0) is 15.9. The minimum Gasteiger partial charge on any atom is -0.241 e. The lowest BCUT2D eigenvalue weighted by atomic mass is 10.0. The molecule has 1 aliphatic rings. The molecule has 0 radical (unpaired) electrons. The Balaban J connectivity index is 1.58. The van der Waals surface area contributed by atoms with Crippen LogP contribution in [0.1, 0.15) is 5.56 Å². The first-order chi connectivity index (χ1) is 11.9. The van der Waals surface area contributed by atoms with Gasteiger partial charge in [-0.1, -0.05) is 72.8 Å². The number of rotatable bonds is 2. The number of aromatic nitrogens is 3. The van der Waals surface area contributed by atoms with Gasteiger partial charge >= 0.3 is 0 Å². The van der Waals surface area contributed by atoms with E-state index in [0.29, 0.717) is 0 Å². The Morgan fingerprint density at radius 2 is 1.46 bits per heavy atom. The zero-order valence-electron chi connectivity index (χ0n) is 13.1. The van der Waals surface area contributed by atoms with Crippen LogP contribution in [0.15, 0.2) is 78.9 Å². The second-order valence-corrected chi connectivity index (χ2v) is 6.02. The Morgan fingerprint density at radius 1 is 0.708 bits per heavy atom. The third-order valence-corrected chi connectivity index (χ3v) is 4.48. The van der Waals surface area contributed by atoms with Crippen LogP contribution in [0.25, 0.3) is 33.9 Å². The molecule has 3 aromatic carbocycles. The van der Waals surface area contributed by atoms with Gasteiger partial charge < -0.3 is 0 Å². The maximum atomic E-state index is 4.79. The predicted molar refractivity (Wildman–Crippen MR) is 95.4 cm³/mol. The van der Waals surface area contributed by atoms with Gasteiger partial charge in [-0.2, -0.15) is 5.10 Å². The van der Waals surface area contributed by atoms with Crippen LogP contribution in [0, 0.1) is 0 Å². The monoisotopic (exact) mass is 309 g/mol. The summed E-state index contributed by atoms with van der Waals surface area (Å²) < 4.78 is 2.00. The highest BCUT2D eigenvalue weighted by molar-refractivity contribution is 5.72. The third-order valence-electron chi connectivity index (χ3n) is 4.48. The summed E-state index contributed by atoms with van der Waals surface area (Å²) in [6.45, 7) is 0.802. The van der Waals surface area contributed by atoms with E-state index in [1.165, 1.54) is 22.3 Å². The molecule has 3 nitrogen and oxygen atoms in total. The van der Waals surface area contributed by atoms with Gasteiger partial charge in [0.05, 0.1) is 6.54 Å². The highest BCUT2D eigenvalue weighted by atomic mass is 15.4. The Hall–Kier alpha value is -3.20. The van der Waals surface area contributed by atoms with Crippen LogP contribution >= 0.6 is 0 Å².